The summed E-state index contributed by atoms with van der Waals surface area (Å²) in [5.74, 6) is 7.55. The van der Waals surface area contributed by atoms with Crippen molar-refractivity contribution in [1.82, 2.24) is 0 Å². The molecule has 0 spiro atoms. The van der Waals surface area contributed by atoms with Crippen LogP contribution in [-0.4, -0.2) is 52.9 Å². The molecule has 0 amide bonds. The van der Waals surface area contributed by atoms with E-state index in [9.17, 15) is 0 Å². The summed E-state index contributed by atoms with van der Waals surface area (Å²) in [5.41, 5.74) is 27.7. The fraction of sp³-hybridized carbons (Fsp3) is 0.357. The summed E-state index contributed by atoms with van der Waals surface area (Å²) < 4.78 is 80.5. The van der Waals surface area contributed by atoms with Gasteiger partial charge in [-0.1, -0.05) is 250 Å². The lowest BCUT2D eigenvalue weighted by Crippen LogP contribution is -2.11. The Morgan fingerprint density at radius 3 is 0.452 bits per heavy atom. The third-order valence-corrected chi connectivity index (χ3v) is 24.2. The largest absolute Gasteiger partial charge is 0.493 e. The number of hydrogen-bond acceptors (Lipinski definition) is 12. The first-order valence-corrected chi connectivity index (χ1v) is 46.0. The van der Waals surface area contributed by atoms with Crippen molar-refractivity contribution < 1.29 is 56.8 Å². The topological polar surface area (TPSA) is 124 Å². The summed E-state index contributed by atoms with van der Waals surface area (Å²) in [4.78, 5) is 0. The van der Waals surface area contributed by atoms with Gasteiger partial charge in [0.2, 0.25) is 0 Å². The molecule has 124 heavy (non-hydrogen) atoms. The summed E-state index contributed by atoms with van der Waals surface area (Å²) >= 11 is 0. The highest BCUT2D eigenvalue weighted by atomic mass is 16.6. The molecule has 2 aliphatic carbocycles. The normalized spacial score (nSPS) is 18.8. The number of benzene rings is 12. The number of para-hydroxylation sites is 4. The molecule has 0 radical (unpaired) electrons. The van der Waals surface area contributed by atoms with Crippen molar-refractivity contribution in [2.75, 3.05) is 52.9 Å². The smallest absolute Gasteiger partial charge is 0.126 e. The Morgan fingerprint density at radius 1 is 0.169 bits per heavy atom. The lowest BCUT2D eigenvalue weighted by atomic mass is 9.88. The summed E-state index contributed by atoms with van der Waals surface area (Å²) in [6, 6.07) is 87.5. The number of ether oxygens (including phenoxy) is 12. The van der Waals surface area contributed by atoms with Gasteiger partial charge in [0.1, 0.15) is 94.8 Å². The van der Waals surface area contributed by atoms with Gasteiger partial charge in [0.15, 0.2) is 0 Å². The third-order valence-electron chi connectivity index (χ3n) is 24.2. The second-order valence-electron chi connectivity index (χ2n) is 34.0. The standard InChI is InChI=1S/2C56H60O6/c2*1-5-25-57-49-39-21-15-22-40(49)30-44-34-48(56-54(62-56)38-19-13-10-14-20-38)36-46(52(44)60-28-8-4)32-42-24-16-23-41(50(42)58-26-6-2)31-45-35-47(33-43(29-39)51(45)59-27-7-3)55-53(61-55)37-17-11-9-12-18-37/h2*9-24,33-36,53-56H,5-8,25-32H2,1-4H3/t2*53-,54-,55-,56-/m11/s1. The van der Waals surface area contributed by atoms with Crippen molar-refractivity contribution in [3.05, 3.63) is 376 Å². The van der Waals surface area contributed by atoms with Crippen LogP contribution in [0, 0.1) is 0 Å². The first-order valence-electron chi connectivity index (χ1n) is 46.0. The zero-order valence-corrected chi connectivity index (χ0v) is 73.6. The predicted octanol–water partition coefficient (Wildman–Crippen LogP) is 26.3. The number of hydrogen-bond donors (Lipinski definition) is 0. The summed E-state index contributed by atoms with van der Waals surface area (Å²) in [6.07, 6.45) is 12.3. The molecule has 12 nitrogen and oxygen atoms in total. The van der Waals surface area contributed by atoms with Gasteiger partial charge in [-0.3, -0.25) is 0 Å². The Hall–Kier alpha value is -11.1. The average molecular weight is 1660 g/mol. The summed E-state index contributed by atoms with van der Waals surface area (Å²) in [7, 11) is 0. The van der Waals surface area contributed by atoms with Crippen molar-refractivity contribution in [3.63, 3.8) is 0 Å². The molecule has 0 saturated carbocycles. The van der Waals surface area contributed by atoms with Gasteiger partial charge in [-0.15, -0.1) is 0 Å². The molecule has 8 atom stereocenters. The molecule has 6 aliphatic rings. The predicted molar refractivity (Wildman–Crippen MR) is 492 cm³/mol. The molecule has 12 aromatic rings. The maximum atomic E-state index is 6.83. The maximum Gasteiger partial charge on any atom is 0.126 e. The van der Waals surface area contributed by atoms with Gasteiger partial charge in [-0.2, -0.15) is 0 Å². The molecular formula is C112H120O12. The Labute approximate surface area is 734 Å². The summed E-state index contributed by atoms with van der Waals surface area (Å²) in [6.45, 7) is 22.4. The third kappa shape index (κ3) is 19.7. The fourth-order valence-electron chi connectivity index (χ4n) is 18.3. The molecule has 18 rings (SSSR count). The lowest BCUT2D eigenvalue weighted by Gasteiger charge is -2.23. The molecule has 12 aromatic carbocycles. The van der Waals surface area contributed by atoms with Crippen LogP contribution in [0.15, 0.2) is 243 Å². The molecule has 16 bridgehead atoms. The molecule has 0 aromatic heterocycles. The van der Waals surface area contributed by atoms with Crippen LogP contribution in [0.25, 0.3) is 0 Å². The van der Waals surface area contributed by atoms with Crippen LogP contribution in [0.5, 0.6) is 46.0 Å². The highest BCUT2D eigenvalue weighted by molar-refractivity contribution is 5.62. The Morgan fingerprint density at radius 2 is 0.306 bits per heavy atom. The second-order valence-corrected chi connectivity index (χ2v) is 34.0. The van der Waals surface area contributed by atoms with E-state index in [-0.39, 0.29) is 48.8 Å². The molecule has 4 fully saturated rings. The van der Waals surface area contributed by atoms with E-state index in [1.165, 1.54) is 44.5 Å². The van der Waals surface area contributed by atoms with Crippen molar-refractivity contribution >= 4 is 0 Å². The van der Waals surface area contributed by atoms with Crippen molar-refractivity contribution in [2.45, 2.75) is 207 Å². The van der Waals surface area contributed by atoms with Crippen LogP contribution in [-0.2, 0) is 70.3 Å². The Bertz CT molecular complexity index is 4740. The zero-order chi connectivity index (χ0) is 84.8. The number of rotatable bonds is 32. The van der Waals surface area contributed by atoms with E-state index in [1.807, 2.05) is 0 Å². The van der Waals surface area contributed by atoms with E-state index in [4.69, 9.17) is 56.8 Å². The van der Waals surface area contributed by atoms with Gasteiger partial charge in [0.05, 0.1) is 52.9 Å². The molecule has 640 valence electrons. The first kappa shape index (κ1) is 85.1. The van der Waals surface area contributed by atoms with Crippen LogP contribution >= 0.6 is 0 Å². The van der Waals surface area contributed by atoms with Gasteiger partial charge in [0, 0.05) is 51.4 Å². The molecule has 0 N–H and O–H groups in total. The van der Waals surface area contributed by atoms with Crippen molar-refractivity contribution in [3.8, 4) is 46.0 Å². The number of epoxide rings is 4. The Kier molecular flexibility index (Phi) is 27.6. The Balaban J connectivity index is 0.000000176. The van der Waals surface area contributed by atoms with Crippen molar-refractivity contribution in [1.29, 1.82) is 0 Å². The average Bonchev–Trinajstić information content (AvgIpc) is 1.62. The van der Waals surface area contributed by atoms with Gasteiger partial charge >= 0.3 is 0 Å². The van der Waals surface area contributed by atoms with E-state index in [2.05, 4.69) is 298 Å². The minimum Gasteiger partial charge on any atom is -0.493 e. The second kappa shape index (κ2) is 40.2. The molecule has 4 heterocycles. The van der Waals surface area contributed by atoms with Crippen LogP contribution in [0.3, 0.4) is 0 Å². The van der Waals surface area contributed by atoms with Gasteiger partial charge in [-0.05, 0) is 233 Å². The highest BCUT2D eigenvalue weighted by Crippen LogP contribution is 2.57. The van der Waals surface area contributed by atoms with Gasteiger partial charge in [0.25, 0.3) is 0 Å². The van der Waals surface area contributed by atoms with Crippen LogP contribution in [0.2, 0.25) is 0 Å². The molecule has 4 saturated heterocycles. The van der Waals surface area contributed by atoms with Gasteiger partial charge < -0.3 is 56.8 Å². The van der Waals surface area contributed by atoms with Crippen LogP contribution in [0.1, 0.15) is 289 Å². The maximum absolute atomic E-state index is 6.83. The molecular weight excluding hydrogens is 1540 g/mol. The molecule has 4 aliphatic heterocycles. The zero-order valence-electron chi connectivity index (χ0n) is 73.6. The highest BCUT2D eigenvalue weighted by Gasteiger charge is 2.46. The van der Waals surface area contributed by atoms with E-state index < -0.39 is 0 Å². The minimum absolute atomic E-state index is 0.0164. The van der Waals surface area contributed by atoms with Crippen molar-refractivity contribution in [2.24, 2.45) is 0 Å². The monoisotopic (exact) mass is 1660 g/mol. The number of fused-ring (bicyclic) bond motifs is 16. The first-order chi connectivity index (χ1) is 61.1. The summed E-state index contributed by atoms with van der Waals surface area (Å²) in [5, 5.41) is 0. The molecule has 0 unspecified atom stereocenters. The SMILES string of the molecule is CCCOc1c2cccc1Cc1cc([C@H]3O[C@@H]3c3ccccc3)cc(c1OCCC)Cc1cccc(c1OCCC)Cc1cc([C@H]3O[C@@H]3c3ccccc3)cc(c1OCCC)C2.CCCOc1c2cccc1Cc1cc([C@H]3O[C@@H]3c3ccccc3)cc(c1OCCC)Cc1cccc(c1OCCC)Cc1cc([C@H]3O[C@@H]3c3ccccc3)cc(c1OCCC)C2. The van der Waals surface area contributed by atoms with Gasteiger partial charge in [-0.25, -0.2) is 0 Å². The quantitative estimate of drug-likeness (QED) is 0.0373. The fourth-order valence-corrected chi connectivity index (χ4v) is 18.3. The van der Waals surface area contributed by atoms with Crippen LogP contribution < -0.4 is 37.9 Å². The lowest BCUT2D eigenvalue weighted by molar-refractivity contribution is 0.304. The van der Waals surface area contributed by atoms with E-state index in [0.29, 0.717) is 104 Å². The van der Waals surface area contributed by atoms with E-state index in [0.717, 1.165) is 186 Å². The van der Waals surface area contributed by atoms with E-state index >= 15 is 0 Å². The van der Waals surface area contributed by atoms with E-state index in [1.54, 1.807) is 0 Å². The van der Waals surface area contributed by atoms with Crippen LogP contribution in [0.4, 0.5) is 0 Å². The molecule has 12 heteroatoms. The minimum atomic E-state index is -0.0391.